The highest BCUT2D eigenvalue weighted by molar-refractivity contribution is 5.97. The molecule has 0 spiro atoms. The topological polar surface area (TPSA) is 65.4 Å². The van der Waals surface area contributed by atoms with Crippen molar-refractivity contribution in [3.63, 3.8) is 0 Å². The van der Waals surface area contributed by atoms with Crippen LogP contribution in [0.25, 0.3) is 16.4 Å². The van der Waals surface area contributed by atoms with Gasteiger partial charge in [0.1, 0.15) is 11.3 Å². The first kappa shape index (κ1) is 16.2. The summed E-state index contributed by atoms with van der Waals surface area (Å²) in [7, 11) is 1.53. The zero-order chi connectivity index (χ0) is 18.4. The first-order chi connectivity index (χ1) is 12.5. The number of aromatic nitrogens is 3. The molecule has 2 N–H and O–H groups in total. The molecule has 0 bridgehead atoms. The number of hydrogen-bond acceptors (Lipinski definition) is 4. The minimum atomic E-state index is -1.50. The lowest BCUT2D eigenvalue weighted by atomic mass is 10.1. The highest BCUT2D eigenvalue weighted by Crippen LogP contribution is 2.29. The number of nitrogens with zero attached hydrogens (tertiary/aromatic N) is 3. The SMILES string of the molecule is COc1cccc2c1nc(N)n1nc(Cc3ccc(F)c(F)c3F)cc21. The lowest BCUT2D eigenvalue weighted by Crippen LogP contribution is -2.04. The van der Waals surface area contributed by atoms with Gasteiger partial charge in [0.15, 0.2) is 17.5 Å². The molecule has 0 fully saturated rings. The van der Waals surface area contributed by atoms with E-state index >= 15 is 0 Å². The highest BCUT2D eigenvalue weighted by atomic mass is 19.2. The number of benzene rings is 2. The summed E-state index contributed by atoms with van der Waals surface area (Å²) in [6, 6.07) is 9.20. The summed E-state index contributed by atoms with van der Waals surface area (Å²) in [6.07, 6.45) is -0.0182. The molecule has 8 heteroatoms. The molecule has 2 heterocycles. The standard InChI is InChI=1S/C18H13F3N4O/c1-26-14-4-2-3-11-13-8-10(24-25(13)18(22)23-17(11)14)7-9-5-6-12(19)16(21)15(9)20/h2-6,8H,7H2,1H3,(H2,22,23). The summed E-state index contributed by atoms with van der Waals surface area (Å²) in [5.41, 5.74) is 7.65. The van der Waals surface area contributed by atoms with Crippen molar-refractivity contribution in [2.24, 2.45) is 0 Å². The lowest BCUT2D eigenvalue weighted by Gasteiger charge is -2.07. The maximum atomic E-state index is 13.9. The number of rotatable bonds is 3. The molecule has 0 aliphatic heterocycles. The molecule has 2 aromatic heterocycles. The van der Waals surface area contributed by atoms with Gasteiger partial charge in [-0.15, -0.1) is 0 Å². The number of hydrogen-bond donors (Lipinski definition) is 1. The van der Waals surface area contributed by atoms with Crippen molar-refractivity contribution in [1.29, 1.82) is 0 Å². The van der Waals surface area contributed by atoms with E-state index in [1.54, 1.807) is 18.2 Å². The van der Waals surface area contributed by atoms with E-state index in [2.05, 4.69) is 10.1 Å². The van der Waals surface area contributed by atoms with Gasteiger partial charge in [-0.05, 0) is 23.8 Å². The van der Waals surface area contributed by atoms with Gasteiger partial charge < -0.3 is 10.5 Å². The molecule has 0 aliphatic rings. The summed E-state index contributed by atoms with van der Waals surface area (Å²) >= 11 is 0. The van der Waals surface area contributed by atoms with E-state index in [1.807, 2.05) is 6.07 Å². The smallest absolute Gasteiger partial charge is 0.222 e. The van der Waals surface area contributed by atoms with Crippen LogP contribution in [0.4, 0.5) is 19.1 Å². The van der Waals surface area contributed by atoms with E-state index in [0.717, 1.165) is 11.5 Å². The molecule has 26 heavy (non-hydrogen) atoms. The molecule has 5 nitrogen and oxygen atoms in total. The minimum Gasteiger partial charge on any atom is -0.494 e. The molecular weight excluding hydrogens is 345 g/mol. The zero-order valence-electron chi connectivity index (χ0n) is 13.6. The van der Waals surface area contributed by atoms with E-state index in [1.165, 1.54) is 17.7 Å². The Morgan fingerprint density at radius 1 is 1.12 bits per heavy atom. The van der Waals surface area contributed by atoms with Crippen molar-refractivity contribution in [2.45, 2.75) is 6.42 Å². The molecule has 0 atom stereocenters. The monoisotopic (exact) mass is 358 g/mol. The van der Waals surface area contributed by atoms with Gasteiger partial charge in [-0.1, -0.05) is 18.2 Å². The molecular formula is C18H13F3N4O. The normalized spacial score (nSPS) is 11.4. The molecule has 4 rings (SSSR count). The number of ether oxygens (including phenoxy) is 1. The van der Waals surface area contributed by atoms with Crippen molar-refractivity contribution in [1.82, 2.24) is 14.6 Å². The molecule has 2 aromatic carbocycles. The van der Waals surface area contributed by atoms with Gasteiger partial charge in [-0.3, -0.25) is 0 Å². The van der Waals surface area contributed by atoms with Crippen LogP contribution in [0, 0.1) is 17.5 Å². The fourth-order valence-corrected chi connectivity index (χ4v) is 2.95. The first-order valence-corrected chi connectivity index (χ1v) is 7.73. The van der Waals surface area contributed by atoms with Crippen LogP contribution < -0.4 is 10.5 Å². The van der Waals surface area contributed by atoms with Crippen LogP contribution in [-0.4, -0.2) is 21.7 Å². The second-order valence-electron chi connectivity index (χ2n) is 5.77. The number of halogens is 3. The predicted octanol–water partition coefficient (Wildman–Crippen LogP) is 3.48. The van der Waals surface area contributed by atoms with Crippen LogP contribution >= 0.6 is 0 Å². The van der Waals surface area contributed by atoms with Gasteiger partial charge >= 0.3 is 0 Å². The molecule has 0 amide bonds. The van der Waals surface area contributed by atoms with Crippen LogP contribution in [-0.2, 0) is 6.42 Å². The fourth-order valence-electron chi connectivity index (χ4n) is 2.95. The maximum absolute atomic E-state index is 13.9. The second-order valence-corrected chi connectivity index (χ2v) is 5.77. The van der Waals surface area contributed by atoms with Gasteiger partial charge in [0.05, 0.1) is 18.3 Å². The number of fused-ring (bicyclic) bond motifs is 3. The Balaban J connectivity index is 1.87. The Labute approximate surface area is 145 Å². The van der Waals surface area contributed by atoms with Gasteiger partial charge in [0.2, 0.25) is 5.95 Å². The first-order valence-electron chi connectivity index (χ1n) is 7.73. The predicted molar refractivity (Wildman–Crippen MR) is 90.6 cm³/mol. The third-order valence-electron chi connectivity index (χ3n) is 4.18. The Morgan fingerprint density at radius 2 is 1.92 bits per heavy atom. The van der Waals surface area contributed by atoms with Crippen molar-refractivity contribution in [2.75, 3.05) is 12.8 Å². The van der Waals surface area contributed by atoms with Crippen molar-refractivity contribution >= 4 is 22.4 Å². The van der Waals surface area contributed by atoms with Crippen LogP contribution in [0.3, 0.4) is 0 Å². The molecule has 132 valence electrons. The van der Waals surface area contributed by atoms with E-state index in [9.17, 15) is 13.2 Å². The molecule has 0 radical (unpaired) electrons. The third kappa shape index (κ3) is 2.42. The molecule has 0 saturated carbocycles. The van der Waals surface area contributed by atoms with Crippen molar-refractivity contribution < 1.29 is 17.9 Å². The molecule has 0 saturated heterocycles. The lowest BCUT2D eigenvalue weighted by molar-refractivity contribution is 0.419. The van der Waals surface area contributed by atoms with Crippen molar-refractivity contribution in [3.8, 4) is 5.75 Å². The quantitative estimate of drug-likeness (QED) is 0.570. The van der Waals surface area contributed by atoms with E-state index in [4.69, 9.17) is 10.5 Å². The van der Waals surface area contributed by atoms with Crippen LogP contribution in [0.1, 0.15) is 11.3 Å². The van der Waals surface area contributed by atoms with E-state index in [0.29, 0.717) is 22.5 Å². The van der Waals surface area contributed by atoms with Gasteiger partial charge in [0.25, 0.3) is 0 Å². The second kappa shape index (κ2) is 5.91. The summed E-state index contributed by atoms with van der Waals surface area (Å²) in [6.45, 7) is 0. The highest BCUT2D eigenvalue weighted by Gasteiger charge is 2.17. The van der Waals surface area contributed by atoms with Gasteiger partial charge in [-0.25, -0.2) is 18.2 Å². The van der Waals surface area contributed by atoms with Gasteiger partial charge in [-0.2, -0.15) is 9.61 Å². The van der Waals surface area contributed by atoms with Crippen LogP contribution in [0.2, 0.25) is 0 Å². The zero-order valence-corrected chi connectivity index (χ0v) is 13.6. The average Bonchev–Trinajstić information content (AvgIpc) is 3.07. The summed E-state index contributed by atoms with van der Waals surface area (Å²) < 4.78 is 47.2. The van der Waals surface area contributed by atoms with E-state index in [-0.39, 0.29) is 17.9 Å². The average molecular weight is 358 g/mol. The van der Waals surface area contributed by atoms with Crippen molar-refractivity contribution in [3.05, 3.63) is 65.1 Å². The number of anilines is 1. The Bertz CT molecular complexity index is 1160. The Kier molecular flexibility index (Phi) is 3.68. The number of nitrogen functional groups attached to an aromatic ring is 1. The molecule has 0 aliphatic carbocycles. The summed E-state index contributed by atoms with van der Waals surface area (Å²) in [5, 5.41) is 5.06. The summed E-state index contributed by atoms with van der Waals surface area (Å²) in [4.78, 5) is 4.31. The molecule has 0 unspecified atom stereocenters. The number of para-hydroxylation sites is 1. The fraction of sp³-hybridized carbons (Fsp3) is 0.111. The molecule has 4 aromatic rings. The van der Waals surface area contributed by atoms with E-state index < -0.39 is 17.5 Å². The third-order valence-corrected chi connectivity index (χ3v) is 4.18. The number of nitrogens with two attached hydrogens (primary N) is 1. The summed E-state index contributed by atoms with van der Waals surface area (Å²) in [5.74, 6) is -3.25. The largest absolute Gasteiger partial charge is 0.494 e. The maximum Gasteiger partial charge on any atom is 0.222 e. The number of methoxy groups -OCH3 is 1. The Morgan fingerprint density at radius 3 is 2.69 bits per heavy atom. The van der Waals surface area contributed by atoms with Crippen LogP contribution in [0.15, 0.2) is 36.4 Å². The van der Waals surface area contributed by atoms with Crippen LogP contribution in [0.5, 0.6) is 5.75 Å². The Hall–Kier alpha value is -3.29. The minimum absolute atomic E-state index is 0.000669. The van der Waals surface area contributed by atoms with Gasteiger partial charge in [0, 0.05) is 11.8 Å².